The summed E-state index contributed by atoms with van der Waals surface area (Å²) in [4.78, 5) is 60.2. The number of ether oxygens (including phenoxy) is 2. The Morgan fingerprint density at radius 3 is 1.31 bits per heavy atom. The van der Waals surface area contributed by atoms with Crippen molar-refractivity contribution in [2.45, 2.75) is 169 Å². The summed E-state index contributed by atoms with van der Waals surface area (Å²) in [6, 6.07) is -2.53. The summed E-state index contributed by atoms with van der Waals surface area (Å²) in [5.41, 5.74) is 9.29. The van der Waals surface area contributed by atoms with Crippen molar-refractivity contribution in [2.24, 2.45) is 23.3 Å². The Kier molecular flexibility index (Phi) is 42.6. The average Bonchev–Trinajstić information content (AvgIpc) is 3.12. The summed E-state index contributed by atoms with van der Waals surface area (Å²) >= 11 is 17.5. The molecule has 0 aromatic carbocycles. The molecule has 0 aromatic heterocycles. The number of aliphatic hydroxyl groups is 1. The predicted molar refractivity (Wildman–Crippen MR) is 269 cm³/mol. The first-order valence-electron chi connectivity index (χ1n) is 19.4. The number of aliphatic hydroxyl groups excluding tert-OH is 1. The smallest absolute Gasteiger partial charge is 0.408 e. The molecule has 0 bridgehead atoms. The van der Waals surface area contributed by atoms with Crippen molar-refractivity contribution in [2.75, 3.05) is 6.61 Å². The fraction of sp³-hybridized carbons (Fsp3) is 0.806. The standard InChI is InChI=1S/C18H36N4O4.C18H34N4O4.S5.S4/c2*1-12(2)10-14(22-17(25)26-18(3,4)5)16(24)21-13(11-23)8-6-7-9-15(19)20;1-3-5-4-2;1-3-4-2/h12-14,23H,6-11H2,1-5H3,(H3,19,20)(H,21,24)(H,22,25);11-14H,6-10H2,1-5H3,(H3,19,20)(H,21,24)(H,22,25);;/t2*13-,14-;;/m00../s1. The van der Waals surface area contributed by atoms with Crippen molar-refractivity contribution in [3.05, 3.63) is 0 Å². The molecule has 0 aliphatic heterocycles. The van der Waals surface area contributed by atoms with Crippen LogP contribution in [0.2, 0.25) is 0 Å². The van der Waals surface area contributed by atoms with Gasteiger partial charge in [-0.25, -0.2) is 9.59 Å². The lowest BCUT2D eigenvalue weighted by atomic mass is 10.0. The van der Waals surface area contributed by atoms with Crippen molar-refractivity contribution >= 4 is 131 Å². The molecule has 0 radical (unpaired) electrons. The normalized spacial score (nSPS) is 12.5. The molecule has 61 heavy (non-hydrogen) atoms. The Morgan fingerprint density at radius 2 is 1.03 bits per heavy atom. The quantitative estimate of drug-likeness (QED) is 0.0322. The highest BCUT2D eigenvalue weighted by Gasteiger charge is 2.28. The van der Waals surface area contributed by atoms with E-state index in [-0.39, 0.29) is 36.0 Å². The summed E-state index contributed by atoms with van der Waals surface area (Å²) in [5.74, 6) is -0.137. The number of nitrogens with one attached hydrogen (secondary N) is 6. The predicted octanol–water partition coefficient (Wildman–Crippen LogP) is 3.98. The van der Waals surface area contributed by atoms with Gasteiger partial charge in [0.2, 0.25) is 11.8 Å². The van der Waals surface area contributed by atoms with Gasteiger partial charge in [-0.1, -0.05) is 40.5 Å². The molecule has 0 saturated carbocycles. The largest absolute Gasteiger partial charge is 0.444 e. The van der Waals surface area contributed by atoms with Crippen LogP contribution in [0.4, 0.5) is 9.59 Å². The highest BCUT2D eigenvalue weighted by Crippen LogP contribution is 2.12. The second-order valence-corrected chi connectivity index (χ2v) is 25.0. The number of hydrogen-bond acceptors (Lipinski definition) is 14. The monoisotopic (exact) mass is 1030 g/mol. The summed E-state index contributed by atoms with van der Waals surface area (Å²) in [6.07, 6.45) is 5.10. The molecular weight excluding hydrogens is 961 g/mol. The van der Waals surface area contributed by atoms with Gasteiger partial charge >= 0.3 is 12.2 Å². The zero-order valence-corrected chi connectivity index (χ0v) is 44.3. The van der Waals surface area contributed by atoms with Crippen molar-refractivity contribution in [3.8, 4) is 0 Å². The minimum atomic E-state index is -0.774. The maximum absolute atomic E-state index is 12.5. The van der Waals surface area contributed by atoms with Crippen LogP contribution in [0.5, 0.6) is 0 Å². The molecule has 356 valence electrons. The first kappa shape index (κ1) is 65.6. The molecule has 0 saturated heterocycles. The van der Waals surface area contributed by atoms with Gasteiger partial charge in [0.05, 0.1) is 30.4 Å². The van der Waals surface area contributed by atoms with E-state index >= 15 is 0 Å². The van der Waals surface area contributed by atoms with Crippen molar-refractivity contribution in [1.29, 1.82) is 10.8 Å². The van der Waals surface area contributed by atoms with Crippen LogP contribution in [0.15, 0.2) is 0 Å². The Labute approximate surface area is 397 Å². The van der Waals surface area contributed by atoms with Crippen molar-refractivity contribution in [3.63, 3.8) is 0 Å². The molecule has 0 unspecified atom stereocenters. The summed E-state index contributed by atoms with van der Waals surface area (Å²) in [7, 11) is 6.29. The number of alkyl carbamates (subject to hydrolysis) is 2. The molecule has 25 heteroatoms. The van der Waals surface area contributed by atoms with Crippen molar-refractivity contribution < 1.29 is 38.6 Å². The van der Waals surface area contributed by atoms with Crippen LogP contribution in [0.3, 0.4) is 0 Å². The van der Waals surface area contributed by atoms with Gasteiger partial charge in [0, 0.05) is 102 Å². The number of amidine groups is 2. The summed E-state index contributed by atoms with van der Waals surface area (Å²) < 4.78 is 10.4. The molecule has 11 N–H and O–H groups in total. The minimum absolute atomic E-state index is 0.107. The highest BCUT2D eigenvalue weighted by atomic mass is 33.3. The van der Waals surface area contributed by atoms with Gasteiger partial charge in [0.15, 0.2) is 0 Å². The van der Waals surface area contributed by atoms with E-state index in [0.29, 0.717) is 57.7 Å². The Balaban J connectivity index is -0.000000442. The Hall–Kier alpha value is -1.97. The molecule has 0 aliphatic rings. The zero-order valence-electron chi connectivity index (χ0n) is 37.0. The topological polar surface area (TPSA) is 272 Å². The average molecular weight is 1030 g/mol. The van der Waals surface area contributed by atoms with E-state index in [9.17, 15) is 29.1 Å². The minimum Gasteiger partial charge on any atom is -0.444 e. The molecule has 16 nitrogen and oxygen atoms in total. The summed E-state index contributed by atoms with van der Waals surface area (Å²) in [6.45, 7) is 18.1. The van der Waals surface area contributed by atoms with Gasteiger partial charge in [0.25, 0.3) is 0 Å². The third-order valence-electron chi connectivity index (χ3n) is 7.03. The third kappa shape index (κ3) is 48.9. The van der Waals surface area contributed by atoms with Crippen LogP contribution in [-0.2, 0) is 113 Å². The number of hydrogen-bond donors (Lipinski definition) is 9. The van der Waals surface area contributed by atoms with Crippen LogP contribution in [0, 0.1) is 22.7 Å². The lowest BCUT2D eigenvalue weighted by Gasteiger charge is -2.25. The SMILES string of the molecule is CC(C)C[C@H](NC(=O)OC(C)(C)C)C(=O)N[C@H](C=O)CCCCC(=N)N.CC(C)C[C@H](NC(=O)OC(C)(C)C)C(=O)N[C@H](CO)CCCCC(=N)N.S=S=S=S.S=S=S=S=S. The summed E-state index contributed by atoms with van der Waals surface area (Å²) in [5, 5.41) is 34.5. The molecule has 0 aromatic rings. The van der Waals surface area contributed by atoms with Crippen LogP contribution < -0.4 is 32.7 Å². The second-order valence-electron chi connectivity index (χ2n) is 16.2. The molecular formula is C36H70N8O8S9. The third-order valence-corrected chi connectivity index (χ3v) is 13.7. The molecule has 0 rings (SSSR count). The highest BCUT2D eigenvalue weighted by molar-refractivity contribution is 8.59. The maximum atomic E-state index is 12.5. The Morgan fingerprint density at radius 1 is 0.656 bits per heavy atom. The van der Waals surface area contributed by atoms with Gasteiger partial charge in [-0.2, -0.15) is 0 Å². The lowest BCUT2D eigenvalue weighted by molar-refractivity contribution is -0.126. The van der Waals surface area contributed by atoms with Gasteiger partial charge in [-0.3, -0.25) is 20.4 Å². The number of carbonyl (C=O) groups excluding carboxylic acids is 5. The number of amides is 4. The van der Waals surface area contributed by atoms with Crippen LogP contribution in [-0.4, -0.2) is 89.0 Å². The molecule has 4 amide bonds. The van der Waals surface area contributed by atoms with Gasteiger partial charge in [0.1, 0.15) is 29.6 Å². The second kappa shape index (κ2) is 39.6. The first-order valence-corrected chi connectivity index (χ1v) is 28.7. The van der Waals surface area contributed by atoms with E-state index in [4.69, 9.17) is 31.8 Å². The van der Waals surface area contributed by atoms with Gasteiger partial charge in [-0.15, -0.1) is 0 Å². The number of rotatable bonds is 22. The fourth-order valence-electron chi connectivity index (χ4n) is 4.67. The molecule has 0 spiro atoms. The van der Waals surface area contributed by atoms with E-state index in [2.05, 4.69) is 66.0 Å². The lowest BCUT2D eigenvalue weighted by Crippen LogP contribution is -2.51. The van der Waals surface area contributed by atoms with Gasteiger partial charge < -0.3 is 52.1 Å². The molecule has 4 atom stereocenters. The van der Waals surface area contributed by atoms with E-state index < -0.39 is 53.5 Å². The number of aldehydes is 1. The first-order chi connectivity index (χ1) is 28.2. The van der Waals surface area contributed by atoms with E-state index in [0.717, 1.165) is 12.8 Å². The van der Waals surface area contributed by atoms with Crippen molar-refractivity contribution in [1.82, 2.24) is 21.3 Å². The fourth-order valence-corrected chi connectivity index (χ4v) is 7.42. The molecule has 0 fully saturated rings. The van der Waals surface area contributed by atoms with Gasteiger partial charge in [-0.05, 0) is 91.9 Å². The van der Waals surface area contributed by atoms with Crippen LogP contribution >= 0.6 is 0 Å². The van der Waals surface area contributed by atoms with Crippen LogP contribution in [0.1, 0.15) is 133 Å². The number of unbranched alkanes of at least 4 members (excludes halogenated alkanes) is 2. The number of carbonyl (C=O) groups is 5. The maximum Gasteiger partial charge on any atom is 0.408 e. The van der Waals surface area contributed by atoms with E-state index in [1.54, 1.807) is 41.5 Å². The molecule has 0 heterocycles. The van der Waals surface area contributed by atoms with E-state index in [1.165, 1.54) is 44.4 Å². The number of nitrogens with two attached hydrogens (primary N) is 2. The van der Waals surface area contributed by atoms with E-state index in [1.807, 2.05) is 27.7 Å². The molecule has 0 aliphatic carbocycles. The van der Waals surface area contributed by atoms with Crippen LogP contribution in [0.25, 0.3) is 0 Å². The zero-order chi connectivity index (χ0) is 48.2. The Bertz CT molecular complexity index is 1530.